The van der Waals surface area contributed by atoms with Crippen LogP contribution in [0.25, 0.3) is 11.1 Å². The van der Waals surface area contributed by atoms with Crippen LogP contribution in [0.3, 0.4) is 0 Å². The van der Waals surface area contributed by atoms with Gasteiger partial charge in [-0.15, -0.1) is 0 Å². The van der Waals surface area contributed by atoms with Crippen molar-refractivity contribution in [1.82, 2.24) is 0 Å². The van der Waals surface area contributed by atoms with Gasteiger partial charge in [0.15, 0.2) is 6.10 Å². The largest absolute Gasteiger partial charge is 0.497 e. The van der Waals surface area contributed by atoms with E-state index in [1.807, 2.05) is 36.4 Å². The van der Waals surface area contributed by atoms with Gasteiger partial charge < -0.3 is 14.2 Å². The Morgan fingerprint density at radius 3 is 2.52 bits per heavy atom. The fourth-order valence-electron chi connectivity index (χ4n) is 2.46. The van der Waals surface area contributed by atoms with Gasteiger partial charge in [0, 0.05) is 0 Å². The van der Waals surface area contributed by atoms with Gasteiger partial charge in [-0.3, -0.25) is 0 Å². The Labute approximate surface area is 153 Å². The summed E-state index contributed by atoms with van der Waals surface area (Å²) in [6.45, 7) is -0.0311. The summed E-state index contributed by atoms with van der Waals surface area (Å²) >= 11 is 3.09. The summed E-state index contributed by atoms with van der Waals surface area (Å²) < 4.78 is 15.8. The van der Waals surface area contributed by atoms with Crippen molar-refractivity contribution in [2.75, 3.05) is 13.7 Å². The van der Waals surface area contributed by atoms with Crippen molar-refractivity contribution in [3.63, 3.8) is 0 Å². The van der Waals surface area contributed by atoms with Crippen molar-refractivity contribution >= 4 is 27.9 Å². The first-order chi connectivity index (χ1) is 12.1. The Hall–Kier alpha value is -2.60. The monoisotopic (exact) mass is 402 g/mol. The number of halogens is 1. The van der Waals surface area contributed by atoms with Crippen LogP contribution >= 0.6 is 15.9 Å². The standard InChI is InChI=1S/C19H15BrO5/c1-23-13-8-6-12(7-9-13)15-4-2-3-5-16(15)18(21)24-11-14-10-17(20)19(22)25-14/h2-10,14H,11H2,1H3. The van der Waals surface area contributed by atoms with Gasteiger partial charge in [-0.2, -0.15) is 0 Å². The highest BCUT2D eigenvalue weighted by atomic mass is 79.9. The highest BCUT2D eigenvalue weighted by molar-refractivity contribution is 9.12. The smallest absolute Gasteiger partial charge is 0.345 e. The van der Waals surface area contributed by atoms with E-state index in [4.69, 9.17) is 14.2 Å². The molecule has 2 aromatic carbocycles. The second-order valence-corrected chi connectivity index (χ2v) is 6.19. The third-order valence-electron chi connectivity index (χ3n) is 3.71. The molecule has 1 atom stereocenters. The normalized spacial score (nSPS) is 16.2. The molecule has 0 saturated heterocycles. The van der Waals surface area contributed by atoms with Gasteiger partial charge in [-0.25, -0.2) is 9.59 Å². The minimum atomic E-state index is -0.570. The highest BCUT2D eigenvalue weighted by Crippen LogP contribution is 2.26. The van der Waals surface area contributed by atoms with Crippen molar-refractivity contribution in [3.05, 3.63) is 64.7 Å². The van der Waals surface area contributed by atoms with Crippen molar-refractivity contribution < 1.29 is 23.8 Å². The van der Waals surface area contributed by atoms with Crippen molar-refractivity contribution in [2.45, 2.75) is 6.10 Å². The Bertz CT molecular complexity index is 826. The molecule has 0 spiro atoms. The van der Waals surface area contributed by atoms with Crippen LogP contribution in [0.2, 0.25) is 0 Å². The fraction of sp³-hybridized carbons (Fsp3) is 0.158. The number of esters is 2. The van der Waals surface area contributed by atoms with Crippen molar-refractivity contribution in [3.8, 4) is 16.9 Å². The molecule has 0 amide bonds. The molecular weight excluding hydrogens is 388 g/mol. The van der Waals surface area contributed by atoms with Gasteiger partial charge in [-0.1, -0.05) is 30.3 Å². The van der Waals surface area contributed by atoms with Crippen LogP contribution in [0.1, 0.15) is 10.4 Å². The quantitative estimate of drug-likeness (QED) is 0.713. The highest BCUT2D eigenvalue weighted by Gasteiger charge is 2.25. The van der Waals surface area contributed by atoms with E-state index in [1.165, 1.54) is 0 Å². The number of methoxy groups -OCH3 is 1. The molecule has 5 nitrogen and oxygen atoms in total. The number of rotatable bonds is 5. The van der Waals surface area contributed by atoms with Crippen LogP contribution in [0.4, 0.5) is 0 Å². The Balaban J connectivity index is 1.75. The minimum absolute atomic E-state index is 0.0311. The summed E-state index contributed by atoms with van der Waals surface area (Å²) in [4.78, 5) is 23.8. The lowest BCUT2D eigenvalue weighted by atomic mass is 10.00. The fourth-order valence-corrected chi connectivity index (χ4v) is 2.85. The number of cyclic esters (lactones) is 1. The Morgan fingerprint density at radius 2 is 1.88 bits per heavy atom. The molecule has 0 aliphatic carbocycles. The van der Waals surface area contributed by atoms with Crippen molar-refractivity contribution in [1.29, 1.82) is 0 Å². The van der Waals surface area contributed by atoms with Gasteiger partial charge in [0.1, 0.15) is 16.8 Å². The maximum absolute atomic E-state index is 12.5. The molecule has 1 aliphatic rings. The predicted molar refractivity (Wildman–Crippen MR) is 95.6 cm³/mol. The molecule has 0 fully saturated rings. The molecule has 0 bridgehead atoms. The number of hydrogen-bond acceptors (Lipinski definition) is 5. The third-order valence-corrected chi connectivity index (χ3v) is 4.30. The van der Waals surface area contributed by atoms with E-state index in [1.54, 1.807) is 25.3 Å². The molecule has 0 saturated carbocycles. The summed E-state index contributed by atoms with van der Waals surface area (Å²) in [5, 5.41) is 0. The predicted octanol–water partition coefficient (Wildman–Crippen LogP) is 3.72. The summed E-state index contributed by atoms with van der Waals surface area (Å²) in [5.74, 6) is -0.192. The van der Waals surface area contributed by atoms with E-state index in [2.05, 4.69) is 15.9 Å². The molecule has 1 heterocycles. The minimum Gasteiger partial charge on any atom is -0.497 e. The molecule has 1 aliphatic heterocycles. The van der Waals surface area contributed by atoms with Gasteiger partial charge in [-0.05, 0) is 51.3 Å². The summed E-state index contributed by atoms with van der Waals surface area (Å²) in [6.07, 6.45) is 1.00. The van der Waals surface area contributed by atoms with Gasteiger partial charge in [0.2, 0.25) is 0 Å². The van der Waals surface area contributed by atoms with Gasteiger partial charge in [0.05, 0.1) is 12.7 Å². The lowest BCUT2D eigenvalue weighted by Crippen LogP contribution is -2.19. The maximum atomic E-state index is 12.5. The van der Waals surface area contributed by atoms with Crippen LogP contribution < -0.4 is 4.74 Å². The lowest BCUT2D eigenvalue weighted by molar-refractivity contribution is -0.140. The zero-order valence-electron chi connectivity index (χ0n) is 13.4. The molecule has 6 heteroatoms. The number of carbonyl (C=O) groups excluding carboxylic acids is 2. The summed E-state index contributed by atoms with van der Waals surface area (Å²) in [7, 11) is 1.60. The second kappa shape index (κ2) is 7.53. The molecule has 25 heavy (non-hydrogen) atoms. The SMILES string of the molecule is COc1ccc(-c2ccccc2C(=O)OCC2C=C(Br)C(=O)O2)cc1. The molecule has 1 unspecified atom stereocenters. The molecular formula is C19H15BrO5. The number of hydrogen-bond donors (Lipinski definition) is 0. The number of ether oxygens (including phenoxy) is 3. The summed E-state index contributed by atoms with van der Waals surface area (Å²) in [5.41, 5.74) is 2.08. The molecule has 128 valence electrons. The van der Waals surface area contributed by atoms with Crippen LogP contribution in [0.5, 0.6) is 5.75 Å². The second-order valence-electron chi connectivity index (χ2n) is 5.33. The first-order valence-corrected chi connectivity index (χ1v) is 8.36. The van der Waals surface area contributed by atoms with E-state index in [9.17, 15) is 9.59 Å². The van der Waals surface area contributed by atoms with E-state index in [-0.39, 0.29) is 6.61 Å². The van der Waals surface area contributed by atoms with Crippen LogP contribution in [0.15, 0.2) is 59.1 Å². The zero-order valence-corrected chi connectivity index (χ0v) is 15.0. The molecule has 3 rings (SSSR count). The van der Waals surface area contributed by atoms with Crippen LogP contribution in [0, 0.1) is 0 Å². The molecule has 0 aromatic heterocycles. The van der Waals surface area contributed by atoms with Gasteiger partial charge in [0.25, 0.3) is 0 Å². The van der Waals surface area contributed by atoms with Crippen LogP contribution in [-0.4, -0.2) is 31.8 Å². The zero-order chi connectivity index (χ0) is 17.8. The van der Waals surface area contributed by atoms with Crippen LogP contribution in [-0.2, 0) is 14.3 Å². The Kier molecular flexibility index (Phi) is 5.19. The number of benzene rings is 2. The molecule has 2 aromatic rings. The first kappa shape index (κ1) is 17.2. The van der Waals surface area contributed by atoms with Gasteiger partial charge >= 0.3 is 11.9 Å². The van der Waals surface area contributed by atoms with E-state index in [0.717, 1.165) is 16.9 Å². The third kappa shape index (κ3) is 3.91. The average Bonchev–Trinajstić information content (AvgIpc) is 2.97. The molecule has 0 radical (unpaired) electrons. The van der Waals surface area contributed by atoms with E-state index < -0.39 is 18.0 Å². The molecule has 0 N–H and O–H groups in total. The first-order valence-electron chi connectivity index (χ1n) is 7.57. The topological polar surface area (TPSA) is 61.8 Å². The maximum Gasteiger partial charge on any atom is 0.345 e. The van der Waals surface area contributed by atoms with E-state index in [0.29, 0.717) is 10.0 Å². The summed E-state index contributed by atoms with van der Waals surface area (Å²) in [6, 6.07) is 14.6. The van der Waals surface area contributed by atoms with Crippen molar-refractivity contribution in [2.24, 2.45) is 0 Å². The lowest BCUT2D eigenvalue weighted by Gasteiger charge is -2.12. The van der Waals surface area contributed by atoms with E-state index >= 15 is 0 Å². The number of carbonyl (C=O) groups is 2. The Morgan fingerprint density at radius 1 is 1.16 bits per heavy atom. The average molecular weight is 403 g/mol.